The maximum atomic E-state index is 9.20. The number of nitrogens with zero attached hydrogens (tertiary/aromatic N) is 2. The molecule has 0 aromatic carbocycles. The van der Waals surface area contributed by atoms with E-state index in [9.17, 15) is 5.11 Å². The molecule has 2 atom stereocenters. The van der Waals surface area contributed by atoms with Crippen LogP contribution in [0.5, 0.6) is 0 Å². The van der Waals surface area contributed by atoms with Gasteiger partial charge in [0.1, 0.15) is 6.61 Å². The number of aliphatic hydroxyl groups is 1. The van der Waals surface area contributed by atoms with Gasteiger partial charge in [-0.25, -0.2) is 0 Å². The molecule has 1 aromatic rings. The number of aromatic nitrogens is 3. The van der Waals surface area contributed by atoms with Gasteiger partial charge in [0.15, 0.2) is 10.6 Å². The van der Waals surface area contributed by atoms with Crippen molar-refractivity contribution in [3.05, 3.63) is 10.6 Å². The zero-order valence-electron chi connectivity index (χ0n) is 8.94. The van der Waals surface area contributed by atoms with Crippen molar-refractivity contribution in [3.63, 3.8) is 0 Å². The number of H-pyrrole nitrogens is 1. The number of nitrogens with one attached hydrogen (secondary N) is 1. The van der Waals surface area contributed by atoms with Gasteiger partial charge in [-0.05, 0) is 31.0 Å². The second-order valence-corrected chi connectivity index (χ2v) is 4.69. The van der Waals surface area contributed by atoms with Crippen LogP contribution in [-0.4, -0.2) is 19.9 Å². The fourth-order valence-electron chi connectivity index (χ4n) is 2.47. The fraction of sp³-hybridized carbons (Fsp3) is 0.800. The van der Waals surface area contributed by atoms with Gasteiger partial charge in [0.2, 0.25) is 0 Å². The Hall–Kier alpha value is -0.680. The second-order valence-electron chi connectivity index (χ2n) is 4.30. The van der Waals surface area contributed by atoms with Gasteiger partial charge in [0, 0.05) is 6.04 Å². The number of hydrogen-bond donors (Lipinski definition) is 2. The molecule has 15 heavy (non-hydrogen) atoms. The molecular weight excluding hydrogens is 210 g/mol. The number of aliphatic hydroxyl groups excluding tert-OH is 1. The molecule has 2 rings (SSSR count). The van der Waals surface area contributed by atoms with Crippen LogP contribution in [-0.2, 0) is 6.61 Å². The van der Waals surface area contributed by atoms with Crippen molar-refractivity contribution in [1.29, 1.82) is 0 Å². The molecule has 1 heterocycles. The molecule has 0 amide bonds. The van der Waals surface area contributed by atoms with Gasteiger partial charge in [-0.1, -0.05) is 19.8 Å². The van der Waals surface area contributed by atoms with Crippen molar-refractivity contribution in [2.24, 2.45) is 5.92 Å². The monoisotopic (exact) mass is 227 g/mol. The van der Waals surface area contributed by atoms with Crippen LogP contribution in [0, 0.1) is 10.7 Å². The Morgan fingerprint density at radius 2 is 2.27 bits per heavy atom. The summed E-state index contributed by atoms with van der Waals surface area (Å²) in [6.45, 7) is 2.20. The molecule has 0 saturated heterocycles. The zero-order valence-corrected chi connectivity index (χ0v) is 9.76. The summed E-state index contributed by atoms with van der Waals surface area (Å²) in [6.07, 6.45) is 4.93. The zero-order chi connectivity index (χ0) is 10.8. The molecule has 0 radical (unpaired) electrons. The highest BCUT2D eigenvalue weighted by Gasteiger charge is 2.25. The van der Waals surface area contributed by atoms with Crippen LogP contribution in [0.4, 0.5) is 0 Å². The Balaban J connectivity index is 2.34. The molecule has 1 saturated carbocycles. The molecule has 5 heteroatoms. The molecule has 1 aliphatic carbocycles. The Labute approximate surface area is 94.3 Å². The fourth-order valence-corrected chi connectivity index (χ4v) is 2.76. The summed E-state index contributed by atoms with van der Waals surface area (Å²) < 4.78 is 2.64. The molecule has 2 unspecified atom stereocenters. The van der Waals surface area contributed by atoms with E-state index in [1.165, 1.54) is 19.3 Å². The third-order valence-corrected chi connectivity index (χ3v) is 3.60. The number of hydrogen-bond acceptors (Lipinski definition) is 3. The molecule has 0 aliphatic heterocycles. The van der Waals surface area contributed by atoms with Gasteiger partial charge in [0.05, 0.1) is 0 Å². The normalized spacial score (nSPS) is 26.8. The molecule has 2 N–H and O–H groups in total. The van der Waals surface area contributed by atoms with Gasteiger partial charge in [-0.2, -0.15) is 5.10 Å². The Morgan fingerprint density at radius 3 is 2.93 bits per heavy atom. The van der Waals surface area contributed by atoms with E-state index in [1.807, 2.05) is 4.57 Å². The standard InChI is InChI=1S/C10H17N3OS/c1-7-4-2-3-5-8(7)13-9(6-14)11-12-10(13)15/h7-8,14H,2-6H2,1H3,(H,12,15). The number of aromatic amines is 1. The summed E-state index contributed by atoms with van der Waals surface area (Å²) in [5, 5.41) is 16.0. The van der Waals surface area contributed by atoms with Crippen LogP contribution in [0.15, 0.2) is 0 Å². The summed E-state index contributed by atoms with van der Waals surface area (Å²) in [4.78, 5) is 0. The van der Waals surface area contributed by atoms with Crippen LogP contribution in [0.25, 0.3) is 0 Å². The third kappa shape index (κ3) is 1.99. The molecule has 1 aliphatic rings. The molecule has 1 aromatic heterocycles. The van der Waals surface area contributed by atoms with E-state index in [0.717, 1.165) is 6.42 Å². The van der Waals surface area contributed by atoms with Gasteiger partial charge in [-0.3, -0.25) is 9.67 Å². The molecule has 84 valence electrons. The predicted octanol–water partition coefficient (Wildman–Crippen LogP) is 2.18. The van der Waals surface area contributed by atoms with Crippen molar-refractivity contribution in [2.75, 3.05) is 0 Å². The summed E-state index contributed by atoms with van der Waals surface area (Å²) in [7, 11) is 0. The van der Waals surface area contributed by atoms with Crippen molar-refractivity contribution in [2.45, 2.75) is 45.3 Å². The largest absolute Gasteiger partial charge is 0.388 e. The van der Waals surface area contributed by atoms with Gasteiger partial charge in [0.25, 0.3) is 0 Å². The van der Waals surface area contributed by atoms with Crippen molar-refractivity contribution >= 4 is 12.2 Å². The van der Waals surface area contributed by atoms with Crippen LogP contribution in [0.3, 0.4) is 0 Å². The second kappa shape index (κ2) is 4.45. The van der Waals surface area contributed by atoms with E-state index in [-0.39, 0.29) is 6.61 Å². The van der Waals surface area contributed by atoms with E-state index >= 15 is 0 Å². The topological polar surface area (TPSA) is 53.8 Å². The first-order valence-corrected chi connectivity index (χ1v) is 5.91. The molecule has 4 nitrogen and oxygen atoms in total. The highest BCUT2D eigenvalue weighted by atomic mass is 32.1. The minimum atomic E-state index is -0.0453. The minimum absolute atomic E-state index is 0.0453. The SMILES string of the molecule is CC1CCCCC1n1c(CO)n[nH]c1=S. The number of rotatable bonds is 2. The highest BCUT2D eigenvalue weighted by Crippen LogP contribution is 2.34. The van der Waals surface area contributed by atoms with Crippen molar-refractivity contribution in [3.8, 4) is 0 Å². The van der Waals surface area contributed by atoms with Crippen molar-refractivity contribution in [1.82, 2.24) is 14.8 Å². The predicted molar refractivity (Wildman–Crippen MR) is 60.0 cm³/mol. The van der Waals surface area contributed by atoms with E-state index in [0.29, 0.717) is 22.6 Å². The Bertz CT molecular complexity index is 384. The maximum absolute atomic E-state index is 9.20. The van der Waals surface area contributed by atoms with E-state index in [2.05, 4.69) is 17.1 Å². The van der Waals surface area contributed by atoms with Gasteiger partial charge < -0.3 is 5.11 Å². The van der Waals surface area contributed by atoms with Gasteiger partial charge >= 0.3 is 0 Å². The van der Waals surface area contributed by atoms with Crippen LogP contribution >= 0.6 is 12.2 Å². The van der Waals surface area contributed by atoms with Crippen LogP contribution in [0.1, 0.15) is 44.5 Å². The highest BCUT2D eigenvalue weighted by molar-refractivity contribution is 7.71. The first-order chi connectivity index (χ1) is 7.24. The average molecular weight is 227 g/mol. The van der Waals surface area contributed by atoms with Crippen molar-refractivity contribution < 1.29 is 5.11 Å². The first kappa shape index (κ1) is 10.8. The summed E-state index contributed by atoms with van der Waals surface area (Å²) in [6, 6.07) is 0.409. The van der Waals surface area contributed by atoms with Gasteiger partial charge in [-0.15, -0.1) is 0 Å². The average Bonchev–Trinajstić information content (AvgIpc) is 2.60. The lowest BCUT2D eigenvalue weighted by Gasteiger charge is -2.30. The summed E-state index contributed by atoms with van der Waals surface area (Å²) >= 11 is 5.21. The lowest BCUT2D eigenvalue weighted by Crippen LogP contribution is -2.23. The maximum Gasteiger partial charge on any atom is 0.195 e. The smallest absolute Gasteiger partial charge is 0.195 e. The molecule has 0 spiro atoms. The van der Waals surface area contributed by atoms with Crippen LogP contribution in [0.2, 0.25) is 0 Å². The lowest BCUT2D eigenvalue weighted by molar-refractivity contribution is 0.220. The van der Waals surface area contributed by atoms with E-state index in [1.54, 1.807) is 0 Å². The minimum Gasteiger partial charge on any atom is -0.388 e. The summed E-state index contributed by atoms with van der Waals surface area (Å²) in [5.74, 6) is 1.28. The molecule has 0 bridgehead atoms. The van der Waals surface area contributed by atoms with E-state index < -0.39 is 0 Å². The third-order valence-electron chi connectivity index (χ3n) is 3.32. The Kier molecular flexibility index (Phi) is 3.21. The van der Waals surface area contributed by atoms with Crippen LogP contribution < -0.4 is 0 Å². The molecular formula is C10H17N3OS. The van der Waals surface area contributed by atoms with E-state index in [4.69, 9.17) is 12.2 Å². The Morgan fingerprint density at radius 1 is 1.53 bits per heavy atom. The first-order valence-electron chi connectivity index (χ1n) is 5.50. The quantitative estimate of drug-likeness (QED) is 0.761. The summed E-state index contributed by atoms with van der Waals surface area (Å²) in [5.41, 5.74) is 0. The lowest BCUT2D eigenvalue weighted by atomic mass is 9.86. The molecule has 1 fully saturated rings.